The molecule has 1 rings (SSSR count). The van der Waals surface area contributed by atoms with Crippen LogP contribution >= 0.6 is 11.6 Å². The molecule has 1 aromatic carbocycles. The van der Waals surface area contributed by atoms with E-state index in [4.69, 9.17) is 11.6 Å². The van der Waals surface area contributed by atoms with Crippen molar-refractivity contribution in [2.24, 2.45) is 0 Å². The highest BCUT2D eigenvalue weighted by Gasteiger charge is 2.08. The molecule has 1 nitrogen and oxygen atoms in total. The van der Waals surface area contributed by atoms with Gasteiger partial charge in [-0.05, 0) is 31.0 Å². The van der Waals surface area contributed by atoms with E-state index in [1.807, 2.05) is 0 Å². The number of hydrogen-bond donors (Lipinski definition) is 0. The zero-order valence-electron chi connectivity index (χ0n) is 7.97. The fraction of sp³-hybridized carbons (Fsp3) is 0.364. The van der Waals surface area contributed by atoms with Crippen molar-refractivity contribution >= 4 is 17.4 Å². The first-order valence-corrected chi connectivity index (χ1v) is 4.92. The van der Waals surface area contributed by atoms with Crippen LogP contribution in [-0.2, 0) is 4.79 Å². The molecule has 14 heavy (non-hydrogen) atoms. The standard InChI is InChI=1S/C11H12ClFO/c1-8(14)2-7-11(12)9-3-5-10(13)6-4-9/h3-6,11H,2,7H2,1H3. The minimum atomic E-state index is -0.274. The first-order chi connectivity index (χ1) is 6.59. The number of carbonyl (C=O) groups is 1. The fourth-order valence-electron chi connectivity index (χ4n) is 1.17. The summed E-state index contributed by atoms with van der Waals surface area (Å²) in [5.74, 6) is -0.151. The van der Waals surface area contributed by atoms with Gasteiger partial charge in [0.2, 0.25) is 0 Å². The molecule has 0 aliphatic rings. The quantitative estimate of drug-likeness (QED) is 0.702. The number of rotatable bonds is 4. The molecule has 0 aromatic heterocycles. The molecule has 0 aliphatic carbocycles. The van der Waals surface area contributed by atoms with Crippen molar-refractivity contribution in [3.63, 3.8) is 0 Å². The average molecular weight is 215 g/mol. The Balaban J connectivity index is 2.56. The summed E-state index contributed by atoms with van der Waals surface area (Å²) in [7, 11) is 0. The van der Waals surface area contributed by atoms with Crippen molar-refractivity contribution in [3.05, 3.63) is 35.6 Å². The number of carbonyl (C=O) groups excluding carboxylic acids is 1. The zero-order chi connectivity index (χ0) is 10.6. The van der Waals surface area contributed by atoms with Crippen molar-refractivity contribution < 1.29 is 9.18 Å². The zero-order valence-corrected chi connectivity index (χ0v) is 8.72. The lowest BCUT2D eigenvalue weighted by Gasteiger charge is -2.07. The van der Waals surface area contributed by atoms with E-state index in [1.165, 1.54) is 19.1 Å². The highest BCUT2D eigenvalue weighted by Crippen LogP contribution is 2.25. The van der Waals surface area contributed by atoms with Gasteiger partial charge in [0.1, 0.15) is 11.6 Å². The smallest absolute Gasteiger partial charge is 0.129 e. The van der Waals surface area contributed by atoms with Crippen LogP contribution < -0.4 is 0 Å². The number of ketones is 1. The van der Waals surface area contributed by atoms with E-state index in [0.717, 1.165) is 5.56 Å². The van der Waals surface area contributed by atoms with Gasteiger partial charge in [0, 0.05) is 6.42 Å². The predicted octanol–water partition coefficient (Wildman–Crippen LogP) is 3.47. The van der Waals surface area contributed by atoms with Crippen LogP contribution in [-0.4, -0.2) is 5.78 Å². The fourth-order valence-corrected chi connectivity index (χ4v) is 1.42. The van der Waals surface area contributed by atoms with Gasteiger partial charge in [0.15, 0.2) is 0 Å². The van der Waals surface area contributed by atoms with Gasteiger partial charge in [-0.1, -0.05) is 12.1 Å². The maximum Gasteiger partial charge on any atom is 0.129 e. The predicted molar refractivity (Wildman–Crippen MR) is 54.9 cm³/mol. The minimum Gasteiger partial charge on any atom is -0.300 e. The van der Waals surface area contributed by atoms with E-state index in [0.29, 0.717) is 12.8 Å². The molecule has 0 amide bonds. The molecule has 1 unspecified atom stereocenters. The van der Waals surface area contributed by atoms with Crippen molar-refractivity contribution in [1.29, 1.82) is 0 Å². The van der Waals surface area contributed by atoms with Crippen LogP contribution in [0.3, 0.4) is 0 Å². The number of hydrogen-bond acceptors (Lipinski definition) is 1. The molecule has 0 N–H and O–H groups in total. The SMILES string of the molecule is CC(=O)CCC(Cl)c1ccc(F)cc1. The van der Waals surface area contributed by atoms with Crippen molar-refractivity contribution in [3.8, 4) is 0 Å². The Kier molecular flexibility index (Phi) is 4.08. The van der Waals surface area contributed by atoms with Crippen molar-refractivity contribution in [1.82, 2.24) is 0 Å². The third-order valence-electron chi connectivity index (χ3n) is 1.98. The molecular formula is C11H12ClFO. The molecule has 0 radical (unpaired) electrons. The molecule has 1 atom stereocenters. The third-order valence-corrected chi connectivity index (χ3v) is 2.45. The molecule has 0 bridgehead atoms. The second-order valence-corrected chi connectivity index (χ2v) is 3.79. The first-order valence-electron chi connectivity index (χ1n) is 4.48. The van der Waals surface area contributed by atoms with Gasteiger partial charge in [0.05, 0.1) is 5.38 Å². The van der Waals surface area contributed by atoms with Gasteiger partial charge in [-0.2, -0.15) is 0 Å². The lowest BCUT2D eigenvalue weighted by atomic mass is 10.1. The summed E-state index contributed by atoms with van der Waals surface area (Å²) in [6, 6.07) is 6.04. The van der Waals surface area contributed by atoms with Gasteiger partial charge < -0.3 is 4.79 Å². The van der Waals surface area contributed by atoms with E-state index >= 15 is 0 Å². The lowest BCUT2D eigenvalue weighted by Crippen LogP contribution is -1.95. The van der Waals surface area contributed by atoms with Gasteiger partial charge in [-0.25, -0.2) is 4.39 Å². The van der Waals surface area contributed by atoms with Crippen LogP contribution in [0.5, 0.6) is 0 Å². The second-order valence-electron chi connectivity index (χ2n) is 3.26. The monoisotopic (exact) mass is 214 g/mol. The van der Waals surface area contributed by atoms with E-state index in [2.05, 4.69) is 0 Å². The molecule has 0 fully saturated rings. The van der Waals surface area contributed by atoms with Crippen molar-refractivity contribution in [2.75, 3.05) is 0 Å². The Labute approximate surface area is 87.9 Å². The Bertz CT molecular complexity index is 308. The third kappa shape index (κ3) is 3.46. The number of alkyl halides is 1. The summed E-state index contributed by atoms with van der Waals surface area (Å²) in [6.07, 6.45) is 1.06. The molecule has 0 aliphatic heterocycles. The maximum atomic E-state index is 12.6. The highest BCUT2D eigenvalue weighted by atomic mass is 35.5. The van der Waals surface area contributed by atoms with Crippen LogP contribution in [0.2, 0.25) is 0 Å². The summed E-state index contributed by atoms with van der Waals surface area (Å²) in [6.45, 7) is 1.54. The van der Waals surface area contributed by atoms with E-state index in [-0.39, 0.29) is 17.0 Å². The average Bonchev–Trinajstić information content (AvgIpc) is 2.15. The maximum absolute atomic E-state index is 12.6. The molecule has 0 saturated heterocycles. The van der Waals surface area contributed by atoms with Crippen molar-refractivity contribution in [2.45, 2.75) is 25.1 Å². The number of benzene rings is 1. The van der Waals surface area contributed by atoms with Crippen LogP contribution in [0.1, 0.15) is 30.7 Å². The molecule has 0 heterocycles. The Hall–Kier alpha value is -0.890. The summed E-state index contributed by atoms with van der Waals surface area (Å²) in [5, 5.41) is -0.209. The van der Waals surface area contributed by atoms with Gasteiger partial charge in [0.25, 0.3) is 0 Å². The van der Waals surface area contributed by atoms with Gasteiger partial charge in [-0.3, -0.25) is 0 Å². The molecule has 76 valence electrons. The van der Waals surface area contributed by atoms with E-state index in [1.54, 1.807) is 12.1 Å². The van der Waals surface area contributed by atoms with Crippen LogP contribution in [0.15, 0.2) is 24.3 Å². The second kappa shape index (κ2) is 5.11. The number of halogens is 2. The van der Waals surface area contributed by atoms with E-state index < -0.39 is 0 Å². The van der Waals surface area contributed by atoms with E-state index in [9.17, 15) is 9.18 Å². The topological polar surface area (TPSA) is 17.1 Å². The summed E-state index contributed by atoms with van der Waals surface area (Å²) >= 11 is 6.03. The lowest BCUT2D eigenvalue weighted by molar-refractivity contribution is -0.117. The summed E-state index contributed by atoms with van der Waals surface area (Å²) in [5.41, 5.74) is 0.856. The molecule has 0 spiro atoms. The Morgan fingerprint density at radius 3 is 2.50 bits per heavy atom. The Morgan fingerprint density at radius 1 is 1.43 bits per heavy atom. The first kappa shape index (κ1) is 11.2. The summed E-state index contributed by atoms with van der Waals surface area (Å²) in [4.78, 5) is 10.7. The minimum absolute atomic E-state index is 0.123. The largest absolute Gasteiger partial charge is 0.300 e. The normalized spacial score (nSPS) is 12.5. The van der Waals surface area contributed by atoms with Crippen LogP contribution in [0, 0.1) is 5.82 Å². The highest BCUT2D eigenvalue weighted by molar-refractivity contribution is 6.20. The van der Waals surface area contributed by atoms with Crippen LogP contribution in [0.25, 0.3) is 0 Å². The molecular weight excluding hydrogens is 203 g/mol. The van der Waals surface area contributed by atoms with Crippen LogP contribution in [0.4, 0.5) is 4.39 Å². The van der Waals surface area contributed by atoms with Gasteiger partial charge in [-0.15, -0.1) is 11.6 Å². The number of Topliss-reactive ketones (excluding diaryl/α,β-unsaturated/α-hetero) is 1. The van der Waals surface area contributed by atoms with Gasteiger partial charge >= 0.3 is 0 Å². The molecule has 0 saturated carbocycles. The molecule has 1 aromatic rings. The summed E-state index contributed by atoms with van der Waals surface area (Å²) < 4.78 is 12.6. The Morgan fingerprint density at radius 2 is 2.00 bits per heavy atom. The molecule has 3 heteroatoms.